The number of benzene rings is 1. The molecule has 0 aliphatic carbocycles. The molecule has 0 saturated carbocycles. The summed E-state index contributed by atoms with van der Waals surface area (Å²) in [6.45, 7) is 1.10. The minimum atomic E-state index is -4.24. The van der Waals surface area contributed by atoms with Crippen molar-refractivity contribution in [2.45, 2.75) is 13.1 Å². The molecule has 0 unspecified atom stereocenters. The third kappa shape index (κ3) is 3.88. The van der Waals surface area contributed by atoms with Crippen molar-refractivity contribution in [3.63, 3.8) is 0 Å². The fourth-order valence-electron chi connectivity index (χ4n) is 1.13. The van der Waals surface area contributed by atoms with Crippen LogP contribution in [0.4, 0.5) is 24.5 Å². The average molecular weight is 234 g/mol. The minimum absolute atomic E-state index is 0.329. The first-order valence-electron chi connectivity index (χ1n) is 4.75. The molecule has 0 aromatic heterocycles. The molecule has 0 bridgehead atoms. The summed E-state index contributed by atoms with van der Waals surface area (Å²) in [5.41, 5.74) is 6.31. The second-order valence-corrected chi connectivity index (χ2v) is 3.15. The zero-order chi connectivity index (χ0) is 12.2. The van der Waals surface area contributed by atoms with Gasteiger partial charge in [0.25, 0.3) is 0 Å². The van der Waals surface area contributed by atoms with E-state index in [0.29, 0.717) is 23.7 Å². The Balaban J connectivity index is 2.71. The van der Waals surface area contributed by atoms with Gasteiger partial charge < -0.3 is 15.8 Å². The van der Waals surface area contributed by atoms with E-state index in [9.17, 15) is 13.2 Å². The third-order valence-corrected chi connectivity index (χ3v) is 1.81. The maximum absolute atomic E-state index is 12.0. The predicted octanol–water partition coefficient (Wildman–Crippen LogP) is 2.64. The van der Waals surface area contributed by atoms with Gasteiger partial charge in [-0.15, -0.1) is 0 Å². The van der Waals surface area contributed by atoms with Gasteiger partial charge in [-0.25, -0.2) is 0 Å². The fraction of sp³-hybridized carbons (Fsp3) is 0.400. The van der Waals surface area contributed by atoms with E-state index >= 15 is 0 Å². The lowest BCUT2D eigenvalue weighted by Gasteiger charge is -2.12. The van der Waals surface area contributed by atoms with Gasteiger partial charge >= 0.3 is 6.18 Å². The van der Waals surface area contributed by atoms with E-state index in [-0.39, 0.29) is 0 Å². The molecule has 0 aliphatic rings. The maximum atomic E-state index is 12.0. The number of anilines is 2. The minimum Gasteiger partial charge on any atom is -0.492 e. The number of ether oxygens (including phenoxy) is 1. The predicted molar refractivity (Wildman–Crippen MR) is 56.6 cm³/mol. The standard InChI is InChI=1S/C10H13F3N2O/c1-2-16-9-5-7(3-4-8(9)14)15-6-10(11,12)13/h3-5,15H,2,6,14H2,1H3. The number of nitrogen functional groups attached to an aromatic ring is 1. The molecule has 0 amide bonds. The second-order valence-electron chi connectivity index (χ2n) is 3.15. The molecule has 1 aromatic rings. The van der Waals surface area contributed by atoms with Crippen LogP contribution in [0.15, 0.2) is 18.2 Å². The van der Waals surface area contributed by atoms with Crippen LogP contribution >= 0.6 is 0 Å². The van der Waals surface area contributed by atoms with Gasteiger partial charge in [-0.05, 0) is 19.1 Å². The highest BCUT2D eigenvalue weighted by molar-refractivity contribution is 5.61. The van der Waals surface area contributed by atoms with Crippen LogP contribution in [0.25, 0.3) is 0 Å². The highest BCUT2D eigenvalue weighted by Crippen LogP contribution is 2.26. The van der Waals surface area contributed by atoms with Gasteiger partial charge in [-0.1, -0.05) is 0 Å². The van der Waals surface area contributed by atoms with Crippen molar-refractivity contribution in [2.24, 2.45) is 0 Å². The molecular weight excluding hydrogens is 221 g/mol. The fourth-order valence-corrected chi connectivity index (χ4v) is 1.13. The van der Waals surface area contributed by atoms with Gasteiger partial charge in [0.1, 0.15) is 12.3 Å². The van der Waals surface area contributed by atoms with Crippen LogP contribution in [0.3, 0.4) is 0 Å². The Labute approximate surface area is 91.4 Å². The number of halogens is 3. The van der Waals surface area contributed by atoms with Gasteiger partial charge in [-0.2, -0.15) is 13.2 Å². The summed E-state index contributed by atoms with van der Waals surface area (Å²) in [5, 5.41) is 2.25. The molecule has 0 radical (unpaired) electrons. The average Bonchev–Trinajstić information content (AvgIpc) is 2.18. The second kappa shape index (κ2) is 4.96. The van der Waals surface area contributed by atoms with Gasteiger partial charge in [0, 0.05) is 11.8 Å². The van der Waals surface area contributed by atoms with Crippen molar-refractivity contribution in [1.82, 2.24) is 0 Å². The summed E-state index contributed by atoms with van der Waals surface area (Å²) < 4.78 is 41.0. The molecular formula is C10H13F3N2O. The van der Waals surface area contributed by atoms with Crippen molar-refractivity contribution < 1.29 is 17.9 Å². The Hall–Kier alpha value is -1.59. The van der Waals surface area contributed by atoms with Crippen LogP contribution in [0.1, 0.15) is 6.92 Å². The molecule has 16 heavy (non-hydrogen) atoms. The van der Waals surface area contributed by atoms with Crippen LogP contribution in [0.2, 0.25) is 0 Å². The molecule has 3 N–H and O–H groups in total. The SMILES string of the molecule is CCOc1cc(NCC(F)(F)F)ccc1N. The van der Waals surface area contributed by atoms with Crippen molar-refractivity contribution in [3.05, 3.63) is 18.2 Å². The molecule has 3 nitrogen and oxygen atoms in total. The van der Waals surface area contributed by atoms with Gasteiger partial charge in [0.2, 0.25) is 0 Å². The van der Waals surface area contributed by atoms with E-state index in [2.05, 4.69) is 5.32 Å². The van der Waals surface area contributed by atoms with E-state index < -0.39 is 12.7 Å². The Bertz CT molecular complexity index is 352. The van der Waals surface area contributed by atoms with Gasteiger partial charge in [-0.3, -0.25) is 0 Å². The van der Waals surface area contributed by atoms with E-state index in [1.165, 1.54) is 18.2 Å². The topological polar surface area (TPSA) is 47.3 Å². The molecule has 90 valence electrons. The molecule has 1 rings (SSSR count). The molecule has 1 aromatic carbocycles. The summed E-state index contributed by atoms with van der Waals surface area (Å²) in [5.74, 6) is 0.384. The zero-order valence-corrected chi connectivity index (χ0v) is 8.77. The Morgan fingerprint density at radius 2 is 2.06 bits per heavy atom. The van der Waals surface area contributed by atoms with Crippen molar-refractivity contribution >= 4 is 11.4 Å². The lowest BCUT2D eigenvalue weighted by atomic mass is 10.2. The van der Waals surface area contributed by atoms with Crippen LogP contribution in [-0.2, 0) is 0 Å². The Morgan fingerprint density at radius 3 is 2.62 bits per heavy atom. The summed E-state index contributed by atoms with van der Waals surface area (Å²) in [6.07, 6.45) is -4.24. The number of alkyl halides is 3. The summed E-state index contributed by atoms with van der Waals surface area (Å²) in [4.78, 5) is 0. The normalized spacial score (nSPS) is 11.2. The number of nitrogens with two attached hydrogens (primary N) is 1. The molecule has 0 fully saturated rings. The first kappa shape index (κ1) is 12.5. The van der Waals surface area contributed by atoms with Gasteiger partial charge in [0.05, 0.1) is 12.3 Å². The first-order chi connectivity index (χ1) is 7.42. The smallest absolute Gasteiger partial charge is 0.405 e. The quantitative estimate of drug-likeness (QED) is 0.787. The molecule has 0 spiro atoms. The molecule has 0 atom stereocenters. The van der Waals surface area contributed by atoms with E-state index in [1.807, 2.05) is 0 Å². The van der Waals surface area contributed by atoms with Crippen molar-refractivity contribution in [3.8, 4) is 5.75 Å². The molecule has 0 saturated heterocycles. The van der Waals surface area contributed by atoms with Crippen LogP contribution in [0, 0.1) is 0 Å². The number of nitrogens with one attached hydrogen (secondary N) is 1. The van der Waals surface area contributed by atoms with Crippen molar-refractivity contribution in [1.29, 1.82) is 0 Å². The van der Waals surface area contributed by atoms with E-state index in [0.717, 1.165) is 0 Å². The summed E-state index contributed by atoms with van der Waals surface area (Å²) in [7, 11) is 0. The highest BCUT2D eigenvalue weighted by Gasteiger charge is 2.26. The van der Waals surface area contributed by atoms with E-state index in [4.69, 9.17) is 10.5 Å². The molecule has 0 aliphatic heterocycles. The van der Waals surface area contributed by atoms with Crippen LogP contribution in [-0.4, -0.2) is 19.3 Å². The Kier molecular flexibility index (Phi) is 3.87. The number of hydrogen-bond donors (Lipinski definition) is 2. The molecule has 0 heterocycles. The maximum Gasteiger partial charge on any atom is 0.405 e. The van der Waals surface area contributed by atoms with Gasteiger partial charge in [0.15, 0.2) is 0 Å². The number of rotatable bonds is 4. The zero-order valence-electron chi connectivity index (χ0n) is 8.77. The largest absolute Gasteiger partial charge is 0.492 e. The number of hydrogen-bond acceptors (Lipinski definition) is 3. The summed E-state index contributed by atoms with van der Waals surface area (Å²) in [6, 6.07) is 4.43. The van der Waals surface area contributed by atoms with E-state index in [1.54, 1.807) is 6.92 Å². The van der Waals surface area contributed by atoms with Crippen LogP contribution in [0.5, 0.6) is 5.75 Å². The Morgan fingerprint density at radius 1 is 1.38 bits per heavy atom. The monoisotopic (exact) mass is 234 g/mol. The lowest BCUT2D eigenvalue weighted by molar-refractivity contribution is -0.115. The lowest BCUT2D eigenvalue weighted by Crippen LogP contribution is -2.21. The van der Waals surface area contributed by atoms with Crippen LogP contribution < -0.4 is 15.8 Å². The first-order valence-corrected chi connectivity index (χ1v) is 4.75. The highest BCUT2D eigenvalue weighted by atomic mass is 19.4. The van der Waals surface area contributed by atoms with Crippen molar-refractivity contribution in [2.75, 3.05) is 24.2 Å². The third-order valence-electron chi connectivity index (χ3n) is 1.81. The molecule has 6 heteroatoms. The summed E-state index contributed by atoms with van der Waals surface area (Å²) >= 11 is 0.